The SMILES string of the molecule is CC1=C(C(N)C(=O)[C@H](N)C(C)C)C(=O)c2ccccc2C1=O. The fraction of sp³-hybridized carbons (Fsp3) is 0.353. The predicted molar refractivity (Wildman–Crippen MR) is 83.6 cm³/mol. The zero-order chi connectivity index (χ0) is 16.6. The van der Waals surface area contributed by atoms with Crippen LogP contribution in [0.5, 0.6) is 0 Å². The predicted octanol–water partition coefficient (Wildman–Crippen LogP) is 1.26. The molecule has 4 N–H and O–H groups in total. The number of rotatable bonds is 4. The molecule has 1 aliphatic carbocycles. The smallest absolute Gasteiger partial charge is 0.192 e. The van der Waals surface area contributed by atoms with Crippen molar-refractivity contribution in [3.8, 4) is 0 Å². The molecule has 5 heteroatoms. The summed E-state index contributed by atoms with van der Waals surface area (Å²) in [6.45, 7) is 5.14. The van der Waals surface area contributed by atoms with Gasteiger partial charge in [-0.05, 0) is 12.8 Å². The molecule has 0 saturated carbocycles. The Hall–Kier alpha value is -2.11. The van der Waals surface area contributed by atoms with Gasteiger partial charge in [0.25, 0.3) is 0 Å². The molecule has 0 spiro atoms. The van der Waals surface area contributed by atoms with Crippen LogP contribution in [0.4, 0.5) is 0 Å². The summed E-state index contributed by atoms with van der Waals surface area (Å²) in [6.07, 6.45) is 0. The van der Waals surface area contributed by atoms with Crippen molar-refractivity contribution in [2.75, 3.05) is 0 Å². The highest BCUT2D eigenvalue weighted by Crippen LogP contribution is 2.28. The Morgan fingerprint density at radius 2 is 1.50 bits per heavy atom. The zero-order valence-corrected chi connectivity index (χ0v) is 12.9. The molecule has 116 valence electrons. The van der Waals surface area contributed by atoms with Crippen LogP contribution in [0.2, 0.25) is 0 Å². The van der Waals surface area contributed by atoms with Gasteiger partial charge in [0.2, 0.25) is 0 Å². The van der Waals surface area contributed by atoms with Gasteiger partial charge < -0.3 is 11.5 Å². The van der Waals surface area contributed by atoms with Gasteiger partial charge in [0.05, 0.1) is 12.1 Å². The third-order valence-corrected chi connectivity index (χ3v) is 4.07. The topological polar surface area (TPSA) is 103 Å². The van der Waals surface area contributed by atoms with Crippen molar-refractivity contribution in [1.29, 1.82) is 0 Å². The van der Waals surface area contributed by atoms with E-state index < -0.39 is 17.9 Å². The molecule has 1 unspecified atom stereocenters. The quantitative estimate of drug-likeness (QED) is 0.871. The van der Waals surface area contributed by atoms with Crippen LogP contribution in [0.3, 0.4) is 0 Å². The number of fused-ring (bicyclic) bond motifs is 1. The van der Waals surface area contributed by atoms with Crippen LogP contribution in [0.1, 0.15) is 41.5 Å². The largest absolute Gasteiger partial charge is 0.321 e. The Morgan fingerprint density at radius 3 is 2.00 bits per heavy atom. The lowest BCUT2D eigenvalue weighted by molar-refractivity contribution is -0.121. The van der Waals surface area contributed by atoms with Gasteiger partial charge in [0.1, 0.15) is 0 Å². The van der Waals surface area contributed by atoms with Crippen LogP contribution in [-0.4, -0.2) is 29.4 Å². The van der Waals surface area contributed by atoms with Crippen LogP contribution < -0.4 is 11.5 Å². The molecule has 0 aromatic heterocycles. The summed E-state index contributed by atoms with van der Waals surface area (Å²) in [6, 6.07) is 4.60. The maximum Gasteiger partial charge on any atom is 0.192 e. The minimum atomic E-state index is -1.18. The molecule has 0 heterocycles. The zero-order valence-electron chi connectivity index (χ0n) is 12.9. The van der Waals surface area contributed by atoms with Crippen molar-refractivity contribution in [1.82, 2.24) is 0 Å². The van der Waals surface area contributed by atoms with Gasteiger partial charge in [0.15, 0.2) is 17.3 Å². The highest BCUT2D eigenvalue weighted by Gasteiger charge is 2.36. The number of nitrogens with two attached hydrogens (primary N) is 2. The number of ketones is 3. The van der Waals surface area contributed by atoms with Crippen molar-refractivity contribution < 1.29 is 14.4 Å². The molecule has 0 bridgehead atoms. The number of allylic oxidation sites excluding steroid dienone is 1. The summed E-state index contributed by atoms with van der Waals surface area (Å²) in [7, 11) is 0. The van der Waals surface area contributed by atoms with Crippen molar-refractivity contribution in [2.45, 2.75) is 32.9 Å². The highest BCUT2D eigenvalue weighted by atomic mass is 16.1. The van der Waals surface area contributed by atoms with Crippen molar-refractivity contribution in [3.63, 3.8) is 0 Å². The maximum atomic E-state index is 12.6. The van der Waals surface area contributed by atoms with Crippen LogP contribution >= 0.6 is 0 Å². The van der Waals surface area contributed by atoms with Gasteiger partial charge in [-0.2, -0.15) is 0 Å². The Kier molecular flexibility index (Phi) is 4.39. The minimum Gasteiger partial charge on any atom is -0.321 e. The average molecular weight is 300 g/mol. The molecule has 0 radical (unpaired) electrons. The Morgan fingerprint density at radius 1 is 1.00 bits per heavy atom. The van der Waals surface area contributed by atoms with E-state index in [2.05, 4.69) is 0 Å². The van der Waals surface area contributed by atoms with Gasteiger partial charge in [0, 0.05) is 22.3 Å². The van der Waals surface area contributed by atoms with E-state index in [1.54, 1.807) is 38.1 Å². The molecule has 5 nitrogen and oxygen atoms in total. The summed E-state index contributed by atoms with van der Waals surface area (Å²) in [5, 5.41) is 0. The van der Waals surface area contributed by atoms with E-state index in [9.17, 15) is 14.4 Å². The standard InChI is InChI=1S/C17H20N2O3/c1-8(2)13(18)17(22)14(19)12-9(3)15(20)10-6-4-5-7-11(10)16(12)21/h4-8,13-14H,18-19H2,1-3H3/t13-,14?/m1/s1. The molecule has 2 atom stereocenters. The molecule has 0 saturated heterocycles. The lowest BCUT2D eigenvalue weighted by Crippen LogP contribution is -2.49. The fourth-order valence-corrected chi connectivity index (χ4v) is 2.57. The summed E-state index contributed by atoms with van der Waals surface area (Å²) in [4.78, 5) is 37.4. The Bertz CT molecular complexity index is 689. The number of benzene rings is 1. The minimum absolute atomic E-state index is 0.0600. The second-order valence-corrected chi connectivity index (χ2v) is 5.89. The van der Waals surface area contributed by atoms with Crippen LogP contribution in [-0.2, 0) is 4.79 Å². The van der Waals surface area contributed by atoms with Gasteiger partial charge in [-0.25, -0.2) is 0 Å². The average Bonchev–Trinajstić information content (AvgIpc) is 2.51. The molecule has 22 heavy (non-hydrogen) atoms. The number of carbonyl (C=O) groups excluding carboxylic acids is 3. The molecule has 0 fully saturated rings. The van der Waals surface area contributed by atoms with Gasteiger partial charge in [-0.15, -0.1) is 0 Å². The summed E-state index contributed by atoms with van der Waals surface area (Å²) >= 11 is 0. The number of hydrogen-bond acceptors (Lipinski definition) is 5. The number of Topliss-reactive ketones (excluding diaryl/α,β-unsaturated/α-hetero) is 3. The highest BCUT2D eigenvalue weighted by molar-refractivity contribution is 6.28. The van der Waals surface area contributed by atoms with E-state index in [1.165, 1.54) is 6.92 Å². The van der Waals surface area contributed by atoms with E-state index in [1.807, 2.05) is 0 Å². The maximum absolute atomic E-state index is 12.6. The molecule has 1 aliphatic rings. The molecule has 0 aliphatic heterocycles. The van der Waals surface area contributed by atoms with Crippen molar-refractivity contribution in [3.05, 3.63) is 46.5 Å². The van der Waals surface area contributed by atoms with Gasteiger partial charge in [-0.3, -0.25) is 14.4 Å². The first-order valence-corrected chi connectivity index (χ1v) is 7.21. The van der Waals surface area contributed by atoms with Gasteiger partial charge >= 0.3 is 0 Å². The van der Waals surface area contributed by atoms with Gasteiger partial charge in [-0.1, -0.05) is 38.1 Å². The lowest BCUT2D eigenvalue weighted by atomic mass is 9.79. The van der Waals surface area contributed by atoms with E-state index in [-0.39, 0.29) is 34.2 Å². The molecule has 0 amide bonds. The molecular formula is C17H20N2O3. The van der Waals surface area contributed by atoms with Crippen LogP contribution in [0, 0.1) is 5.92 Å². The molecular weight excluding hydrogens is 280 g/mol. The number of carbonyl (C=O) groups is 3. The Labute approximate surface area is 129 Å². The molecule has 2 rings (SSSR count). The monoisotopic (exact) mass is 300 g/mol. The van der Waals surface area contributed by atoms with Crippen molar-refractivity contribution in [2.24, 2.45) is 17.4 Å². The van der Waals surface area contributed by atoms with E-state index in [4.69, 9.17) is 11.5 Å². The summed E-state index contributed by atoms with van der Waals surface area (Å²) in [5.41, 5.74) is 12.7. The van der Waals surface area contributed by atoms with Crippen molar-refractivity contribution >= 4 is 17.3 Å². The summed E-state index contributed by atoms with van der Waals surface area (Å²) < 4.78 is 0. The number of hydrogen-bond donors (Lipinski definition) is 2. The first-order valence-electron chi connectivity index (χ1n) is 7.21. The third-order valence-electron chi connectivity index (χ3n) is 4.07. The first-order chi connectivity index (χ1) is 10.3. The second-order valence-electron chi connectivity index (χ2n) is 5.89. The molecule has 1 aromatic rings. The van der Waals surface area contributed by atoms with E-state index in [0.717, 1.165) is 0 Å². The normalized spacial score (nSPS) is 17.5. The molecule has 1 aromatic carbocycles. The van der Waals surface area contributed by atoms with Crippen LogP contribution in [0.15, 0.2) is 35.4 Å². The van der Waals surface area contributed by atoms with Crippen LogP contribution in [0.25, 0.3) is 0 Å². The van der Waals surface area contributed by atoms with E-state index >= 15 is 0 Å². The summed E-state index contributed by atoms with van der Waals surface area (Å²) in [5.74, 6) is -1.16. The first kappa shape index (κ1) is 16.3. The Balaban J connectivity index is 2.47. The van der Waals surface area contributed by atoms with E-state index in [0.29, 0.717) is 5.56 Å². The lowest BCUT2D eigenvalue weighted by Gasteiger charge is -2.25. The third kappa shape index (κ3) is 2.53. The fourth-order valence-electron chi connectivity index (χ4n) is 2.57. The second kappa shape index (κ2) is 5.94.